The molecule has 21 heavy (non-hydrogen) atoms. The first-order chi connectivity index (χ1) is 10.1. The second-order valence-corrected chi connectivity index (χ2v) is 5.93. The molecule has 1 aliphatic heterocycles. The highest BCUT2D eigenvalue weighted by atomic mass is 32.2. The maximum atomic E-state index is 12.5. The minimum Gasteiger partial charge on any atom is -0.362 e. The van der Waals surface area contributed by atoms with Crippen molar-refractivity contribution in [3.05, 3.63) is 58.3 Å². The van der Waals surface area contributed by atoms with Crippen LogP contribution in [-0.2, 0) is 4.79 Å². The molecule has 1 aromatic carbocycles. The van der Waals surface area contributed by atoms with Gasteiger partial charge in [0.1, 0.15) is 0 Å². The van der Waals surface area contributed by atoms with Gasteiger partial charge in [-0.05, 0) is 61.0 Å². The Morgan fingerprint density at radius 3 is 2.71 bits per heavy atom. The number of hydrogen-bond acceptors (Lipinski definition) is 3. The van der Waals surface area contributed by atoms with Gasteiger partial charge in [-0.2, -0.15) is 0 Å². The molecule has 2 aromatic rings. The Hall–Kier alpha value is -2.27. The molecule has 1 aromatic heterocycles. The molecule has 4 nitrogen and oxygen atoms in total. The van der Waals surface area contributed by atoms with Gasteiger partial charge in [-0.3, -0.25) is 9.59 Å². The molecule has 0 saturated carbocycles. The van der Waals surface area contributed by atoms with Gasteiger partial charge in [0.05, 0.1) is 10.6 Å². The van der Waals surface area contributed by atoms with Crippen molar-refractivity contribution in [1.82, 2.24) is 4.98 Å². The predicted octanol–water partition coefficient (Wildman–Crippen LogP) is 3.87. The molecule has 1 saturated heterocycles. The van der Waals surface area contributed by atoms with Crippen LogP contribution in [0.25, 0.3) is 6.08 Å². The van der Waals surface area contributed by atoms with Gasteiger partial charge in [0.25, 0.3) is 11.1 Å². The van der Waals surface area contributed by atoms with E-state index in [1.807, 2.05) is 44.2 Å². The zero-order chi connectivity index (χ0) is 15.0. The largest absolute Gasteiger partial charge is 0.362 e. The van der Waals surface area contributed by atoms with Gasteiger partial charge < -0.3 is 4.98 Å². The number of anilines is 1. The summed E-state index contributed by atoms with van der Waals surface area (Å²) in [6.07, 6.45) is 3.48. The Morgan fingerprint density at radius 2 is 2.00 bits per heavy atom. The van der Waals surface area contributed by atoms with E-state index in [-0.39, 0.29) is 11.1 Å². The number of nitrogens with zero attached hydrogens (tertiary/aromatic N) is 1. The lowest BCUT2D eigenvalue weighted by molar-refractivity contribution is -0.113. The Labute approximate surface area is 126 Å². The SMILES string of the molecule is Cc1ccc(C)c(N2C(=O)S/C(=C/c3ccc[nH]3)C2=O)c1. The number of H-pyrrole nitrogens is 1. The molecule has 0 aliphatic carbocycles. The number of aromatic amines is 1. The maximum absolute atomic E-state index is 12.5. The highest BCUT2D eigenvalue weighted by Gasteiger charge is 2.37. The minimum absolute atomic E-state index is 0.258. The number of amides is 2. The third-order valence-electron chi connectivity index (χ3n) is 3.31. The molecule has 0 spiro atoms. The van der Waals surface area contributed by atoms with E-state index in [0.29, 0.717) is 10.6 Å². The van der Waals surface area contributed by atoms with Crippen molar-refractivity contribution >= 4 is 34.7 Å². The van der Waals surface area contributed by atoms with Gasteiger partial charge in [-0.15, -0.1) is 0 Å². The van der Waals surface area contributed by atoms with Gasteiger partial charge in [-0.1, -0.05) is 12.1 Å². The number of nitrogens with one attached hydrogen (secondary N) is 1. The van der Waals surface area contributed by atoms with Gasteiger partial charge >= 0.3 is 0 Å². The predicted molar refractivity (Wildman–Crippen MR) is 85.2 cm³/mol. The lowest BCUT2D eigenvalue weighted by Gasteiger charge is -2.15. The molecule has 2 amide bonds. The molecule has 2 heterocycles. The van der Waals surface area contributed by atoms with Crippen molar-refractivity contribution in [3.63, 3.8) is 0 Å². The molecule has 3 rings (SSSR count). The summed E-state index contributed by atoms with van der Waals surface area (Å²) >= 11 is 0.968. The van der Waals surface area contributed by atoms with Crippen LogP contribution in [0.5, 0.6) is 0 Å². The summed E-state index contributed by atoms with van der Waals surface area (Å²) in [5.74, 6) is -0.270. The summed E-state index contributed by atoms with van der Waals surface area (Å²) in [5, 5.41) is -0.258. The molecule has 0 unspecified atom stereocenters. The number of aryl methyl sites for hydroxylation is 2. The van der Waals surface area contributed by atoms with Gasteiger partial charge in [-0.25, -0.2) is 4.90 Å². The summed E-state index contributed by atoms with van der Waals surface area (Å²) in [6.45, 7) is 3.84. The topological polar surface area (TPSA) is 53.2 Å². The standard InChI is InChI=1S/C16H14N2O2S/c1-10-5-6-11(2)13(8-10)18-15(19)14(21-16(18)20)9-12-4-3-7-17-12/h3-9,17H,1-2H3/b14-9+. The van der Waals surface area contributed by atoms with Crippen molar-refractivity contribution in [2.75, 3.05) is 4.90 Å². The van der Waals surface area contributed by atoms with Crippen LogP contribution in [-0.4, -0.2) is 16.1 Å². The molecule has 0 radical (unpaired) electrons. The normalized spacial score (nSPS) is 17.0. The van der Waals surface area contributed by atoms with Crippen molar-refractivity contribution < 1.29 is 9.59 Å². The lowest BCUT2D eigenvalue weighted by atomic mass is 10.1. The summed E-state index contributed by atoms with van der Waals surface area (Å²) in [5.41, 5.74) is 3.39. The first-order valence-corrected chi connectivity index (χ1v) is 7.36. The molecular formula is C16H14N2O2S. The number of rotatable bonds is 2. The van der Waals surface area contributed by atoms with E-state index in [1.54, 1.807) is 12.3 Å². The third-order valence-corrected chi connectivity index (χ3v) is 4.18. The maximum Gasteiger partial charge on any atom is 0.298 e. The summed E-state index contributed by atoms with van der Waals surface area (Å²) in [4.78, 5) is 29.4. The van der Waals surface area contributed by atoms with E-state index in [9.17, 15) is 9.59 Å². The third kappa shape index (κ3) is 2.52. The van der Waals surface area contributed by atoms with Crippen LogP contribution in [0.4, 0.5) is 10.5 Å². The quantitative estimate of drug-likeness (QED) is 0.856. The molecule has 1 aliphatic rings. The minimum atomic E-state index is -0.270. The van der Waals surface area contributed by atoms with E-state index in [1.165, 1.54) is 4.90 Å². The number of imide groups is 1. The first kappa shape index (κ1) is 13.7. The number of thioether (sulfide) groups is 1. The molecule has 106 valence electrons. The van der Waals surface area contributed by atoms with Gasteiger partial charge in [0.2, 0.25) is 0 Å². The van der Waals surface area contributed by atoms with Crippen LogP contribution in [0.3, 0.4) is 0 Å². The van der Waals surface area contributed by atoms with E-state index in [0.717, 1.165) is 28.6 Å². The average molecular weight is 298 g/mol. The fraction of sp³-hybridized carbons (Fsp3) is 0.125. The molecule has 1 N–H and O–H groups in total. The number of hydrogen-bond donors (Lipinski definition) is 1. The van der Waals surface area contributed by atoms with Gasteiger partial charge in [0, 0.05) is 11.9 Å². The smallest absolute Gasteiger partial charge is 0.298 e. The second kappa shape index (κ2) is 5.26. The van der Waals surface area contributed by atoms with Gasteiger partial charge in [0.15, 0.2) is 0 Å². The van der Waals surface area contributed by atoms with E-state index >= 15 is 0 Å². The Balaban J connectivity index is 2.00. The van der Waals surface area contributed by atoms with Crippen LogP contribution in [0, 0.1) is 13.8 Å². The molecule has 1 fully saturated rings. The number of carbonyl (C=O) groups excluding carboxylic acids is 2. The summed E-state index contributed by atoms with van der Waals surface area (Å²) < 4.78 is 0. The molecule has 0 bridgehead atoms. The fourth-order valence-corrected chi connectivity index (χ4v) is 3.04. The Kier molecular flexibility index (Phi) is 3.43. The fourth-order valence-electron chi connectivity index (χ4n) is 2.21. The molecule has 0 atom stereocenters. The van der Waals surface area contributed by atoms with E-state index in [4.69, 9.17) is 0 Å². The number of aromatic nitrogens is 1. The highest BCUT2D eigenvalue weighted by molar-refractivity contribution is 8.19. The summed E-state index contributed by atoms with van der Waals surface area (Å²) in [6, 6.07) is 9.45. The Bertz CT molecular complexity index is 748. The zero-order valence-corrected chi connectivity index (χ0v) is 12.5. The van der Waals surface area contributed by atoms with E-state index < -0.39 is 0 Å². The van der Waals surface area contributed by atoms with Crippen LogP contribution in [0.2, 0.25) is 0 Å². The van der Waals surface area contributed by atoms with E-state index in [2.05, 4.69) is 4.98 Å². The summed E-state index contributed by atoms with van der Waals surface area (Å²) in [7, 11) is 0. The van der Waals surface area contributed by atoms with Crippen LogP contribution >= 0.6 is 11.8 Å². The number of benzene rings is 1. The highest BCUT2D eigenvalue weighted by Crippen LogP contribution is 2.37. The van der Waals surface area contributed by atoms with Crippen molar-refractivity contribution in [3.8, 4) is 0 Å². The van der Waals surface area contributed by atoms with Crippen LogP contribution in [0.1, 0.15) is 16.8 Å². The van der Waals surface area contributed by atoms with Crippen LogP contribution < -0.4 is 4.90 Å². The van der Waals surface area contributed by atoms with Crippen molar-refractivity contribution in [2.24, 2.45) is 0 Å². The number of carbonyl (C=O) groups is 2. The zero-order valence-electron chi connectivity index (χ0n) is 11.7. The van der Waals surface area contributed by atoms with Crippen molar-refractivity contribution in [2.45, 2.75) is 13.8 Å². The first-order valence-electron chi connectivity index (χ1n) is 6.55. The molecular weight excluding hydrogens is 284 g/mol. The monoisotopic (exact) mass is 298 g/mol. The van der Waals surface area contributed by atoms with Crippen LogP contribution in [0.15, 0.2) is 41.4 Å². The molecule has 5 heteroatoms. The Morgan fingerprint density at radius 1 is 1.19 bits per heavy atom. The second-order valence-electron chi connectivity index (χ2n) is 4.93. The van der Waals surface area contributed by atoms with Crippen molar-refractivity contribution in [1.29, 1.82) is 0 Å². The lowest BCUT2D eigenvalue weighted by Crippen LogP contribution is -2.28. The average Bonchev–Trinajstić information content (AvgIpc) is 3.03.